The Morgan fingerprint density at radius 1 is 0.633 bits per heavy atom. The third-order valence-electron chi connectivity index (χ3n) is 5.38. The first kappa shape index (κ1) is 28.1. The highest BCUT2D eigenvalue weighted by Gasteiger charge is 2.24. The maximum absolute atomic E-state index is 10.8. The number of allylic oxidation sites excluding steroid dienone is 1. The lowest BCUT2D eigenvalue weighted by Crippen LogP contribution is -2.45. The zero-order valence-electron chi connectivity index (χ0n) is 18.7. The second kappa shape index (κ2) is 17.9. The van der Waals surface area contributed by atoms with Gasteiger partial charge in [-0.05, 0) is 57.4 Å². The summed E-state index contributed by atoms with van der Waals surface area (Å²) in [5, 5.41) is 26.7. The van der Waals surface area contributed by atoms with E-state index in [9.17, 15) is 14.4 Å². The highest BCUT2D eigenvalue weighted by atomic mass is 16.4. The fourth-order valence-electron chi connectivity index (χ4n) is 3.65. The summed E-state index contributed by atoms with van der Waals surface area (Å²) in [4.78, 5) is 32.5. The number of hydrogen-bond donors (Lipinski definition) is 3. The average molecular weight is 429 g/mol. The minimum absolute atomic E-state index is 0.152. The van der Waals surface area contributed by atoms with Crippen LogP contribution in [0.4, 0.5) is 0 Å². The number of hydrogen-bond acceptors (Lipinski definition) is 3. The van der Waals surface area contributed by atoms with E-state index in [0.29, 0.717) is 23.7 Å². The van der Waals surface area contributed by atoms with Crippen molar-refractivity contribution in [3.05, 3.63) is 12.3 Å². The fraction of sp³-hybridized carbons (Fsp3) is 0.783. The van der Waals surface area contributed by atoms with E-state index in [4.69, 9.17) is 15.3 Å². The number of quaternary nitrogens is 1. The minimum Gasteiger partial charge on any atom is -0.481 e. The van der Waals surface area contributed by atoms with E-state index in [1.54, 1.807) is 0 Å². The second-order valence-corrected chi connectivity index (χ2v) is 8.18. The van der Waals surface area contributed by atoms with Crippen LogP contribution in [-0.4, -0.2) is 57.3 Å². The molecule has 0 fully saturated rings. The molecule has 0 heterocycles. The zero-order chi connectivity index (χ0) is 22.7. The van der Waals surface area contributed by atoms with Crippen LogP contribution >= 0.6 is 0 Å². The third kappa shape index (κ3) is 17.0. The molecule has 0 aliphatic heterocycles. The Balaban J connectivity index is 5.02. The van der Waals surface area contributed by atoms with E-state index in [-0.39, 0.29) is 19.3 Å². The summed E-state index contributed by atoms with van der Waals surface area (Å²) in [7, 11) is 0. The van der Waals surface area contributed by atoms with Crippen LogP contribution in [0.2, 0.25) is 0 Å². The number of carbonyl (C=O) groups is 3. The van der Waals surface area contributed by atoms with Gasteiger partial charge in [-0.2, -0.15) is 0 Å². The molecule has 0 saturated carbocycles. The van der Waals surface area contributed by atoms with Gasteiger partial charge in [0, 0.05) is 19.3 Å². The lowest BCUT2D eigenvalue weighted by molar-refractivity contribution is -0.880. The normalized spacial score (nSPS) is 11.8. The van der Waals surface area contributed by atoms with Crippen LogP contribution in [0.25, 0.3) is 0 Å². The quantitative estimate of drug-likeness (QED) is 0.174. The van der Waals surface area contributed by atoms with Gasteiger partial charge >= 0.3 is 17.9 Å². The van der Waals surface area contributed by atoms with Crippen molar-refractivity contribution in [2.45, 2.75) is 96.8 Å². The molecule has 0 saturated heterocycles. The van der Waals surface area contributed by atoms with Crippen LogP contribution < -0.4 is 0 Å². The van der Waals surface area contributed by atoms with Gasteiger partial charge in [0.2, 0.25) is 0 Å². The SMILES string of the molecule is CCCCCC/C=C/[N+](CCCCC(=O)O)(CCCCC(=O)O)CCCCC(=O)O. The highest BCUT2D eigenvalue weighted by molar-refractivity contribution is 5.67. The van der Waals surface area contributed by atoms with Gasteiger partial charge in [0.15, 0.2) is 0 Å². The maximum atomic E-state index is 10.8. The molecule has 0 bridgehead atoms. The predicted molar refractivity (Wildman–Crippen MR) is 117 cm³/mol. The molecule has 0 aromatic heterocycles. The molecule has 174 valence electrons. The average Bonchev–Trinajstić information content (AvgIpc) is 2.68. The number of aliphatic carboxylic acids is 3. The summed E-state index contributed by atoms with van der Waals surface area (Å²) in [6.07, 6.45) is 14.8. The van der Waals surface area contributed by atoms with Crippen molar-refractivity contribution in [1.29, 1.82) is 0 Å². The largest absolute Gasteiger partial charge is 0.481 e. The van der Waals surface area contributed by atoms with Gasteiger partial charge in [0.25, 0.3) is 0 Å². The zero-order valence-corrected chi connectivity index (χ0v) is 18.7. The van der Waals surface area contributed by atoms with E-state index in [0.717, 1.165) is 51.7 Å². The summed E-state index contributed by atoms with van der Waals surface area (Å²) in [6, 6.07) is 0. The molecule has 7 heteroatoms. The van der Waals surface area contributed by atoms with E-state index in [2.05, 4.69) is 19.2 Å². The molecule has 0 aromatic rings. The second-order valence-electron chi connectivity index (χ2n) is 8.18. The van der Waals surface area contributed by atoms with E-state index in [1.807, 2.05) is 0 Å². The van der Waals surface area contributed by atoms with Gasteiger partial charge in [-0.1, -0.05) is 26.2 Å². The van der Waals surface area contributed by atoms with Crippen LogP contribution in [-0.2, 0) is 14.4 Å². The first-order chi connectivity index (χ1) is 14.3. The van der Waals surface area contributed by atoms with Crippen LogP contribution in [0, 0.1) is 0 Å². The Morgan fingerprint density at radius 2 is 1.07 bits per heavy atom. The molecular weight excluding hydrogens is 386 g/mol. The summed E-state index contributed by atoms with van der Waals surface area (Å²) < 4.78 is 0.687. The first-order valence-electron chi connectivity index (χ1n) is 11.5. The van der Waals surface area contributed by atoms with Crippen molar-refractivity contribution in [2.75, 3.05) is 19.6 Å². The van der Waals surface area contributed by atoms with E-state index < -0.39 is 17.9 Å². The standard InChI is InChI=1S/C23H41NO6/c1-2-3-4-5-6-10-17-24(18-11-7-14-21(25)26,19-12-8-15-22(27)28)20-13-9-16-23(29)30/h10,17H,2-9,11-16,18-20H2,1H3,(H2-,25,26,27,28,29,30)/p+1/b17-10+. The molecule has 0 aliphatic rings. The molecule has 7 nitrogen and oxygen atoms in total. The van der Waals surface area contributed by atoms with Gasteiger partial charge < -0.3 is 15.3 Å². The van der Waals surface area contributed by atoms with Gasteiger partial charge in [0.05, 0.1) is 25.8 Å². The number of unbranched alkanes of at least 4 members (excludes halogenated alkanes) is 7. The van der Waals surface area contributed by atoms with Crippen molar-refractivity contribution in [2.24, 2.45) is 0 Å². The lowest BCUT2D eigenvalue weighted by Gasteiger charge is -2.35. The molecule has 0 aliphatic carbocycles. The molecule has 0 unspecified atom stereocenters. The van der Waals surface area contributed by atoms with Crippen LogP contribution in [0.3, 0.4) is 0 Å². The Bertz CT molecular complexity index is 463. The van der Waals surface area contributed by atoms with E-state index >= 15 is 0 Å². The Labute approximate surface area is 181 Å². The van der Waals surface area contributed by atoms with Gasteiger partial charge in [-0.25, -0.2) is 0 Å². The monoisotopic (exact) mass is 428 g/mol. The van der Waals surface area contributed by atoms with Gasteiger partial charge in [0.1, 0.15) is 0 Å². The summed E-state index contributed by atoms with van der Waals surface area (Å²) >= 11 is 0. The molecule has 0 radical (unpaired) electrons. The van der Waals surface area contributed by atoms with E-state index in [1.165, 1.54) is 19.3 Å². The lowest BCUT2D eigenvalue weighted by atomic mass is 10.1. The Morgan fingerprint density at radius 3 is 1.43 bits per heavy atom. The van der Waals surface area contributed by atoms with Gasteiger partial charge in [-0.3, -0.25) is 18.9 Å². The van der Waals surface area contributed by atoms with Crippen molar-refractivity contribution in [1.82, 2.24) is 0 Å². The van der Waals surface area contributed by atoms with Crippen molar-refractivity contribution < 1.29 is 34.2 Å². The summed E-state index contributed by atoms with van der Waals surface area (Å²) in [5.74, 6) is -2.37. The molecule has 30 heavy (non-hydrogen) atoms. The Hall–Kier alpha value is -1.89. The minimum atomic E-state index is -0.789. The molecule has 0 atom stereocenters. The molecule has 0 amide bonds. The van der Waals surface area contributed by atoms with Crippen LogP contribution in [0.15, 0.2) is 12.3 Å². The van der Waals surface area contributed by atoms with Crippen molar-refractivity contribution in [3.8, 4) is 0 Å². The van der Waals surface area contributed by atoms with Crippen molar-refractivity contribution >= 4 is 17.9 Å². The molecule has 0 aromatic carbocycles. The summed E-state index contributed by atoms with van der Waals surface area (Å²) in [5.41, 5.74) is 0. The topological polar surface area (TPSA) is 112 Å². The Kier molecular flexibility index (Phi) is 16.8. The van der Waals surface area contributed by atoms with Gasteiger partial charge in [-0.15, -0.1) is 0 Å². The van der Waals surface area contributed by atoms with Crippen LogP contribution in [0.1, 0.15) is 96.8 Å². The molecule has 3 N–H and O–H groups in total. The number of carboxylic acid groups (broad SMARTS) is 3. The van der Waals surface area contributed by atoms with Crippen molar-refractivity contribution in [3.63, 3.8) is 0 Å². The number of nitrogens with zero attached hydrogens (tertiary/aromatic N) is 1. The summed E-state index contributed by atoms with van der Waals surface area (Å²) in [6.45, 7) is 4.60. The van der Waals surface area contributed by atoms with Crippen LogP contribution in [0.5, 0.6) is 0 Å². The predicted octanol–water partition coefficient (Wildman–Crippen LogP) is 5.05. The first-order valence-corrected chi connectivity index (χ1v) is 11.5. The smallest absolute Gasteiger partial charge is 0.303 e. The number of carboxylic acids is 3. The third-order valence-corrected chi connectivity index (χ3v) is 5.38. The maximum Gasteiger partial charge on any atom is 0.303 e. The highest BCUT2D eigenvalue weighted by Crippen LogP contribution is 2.18. The fourth-order valence-corrected chi connectivity index (χ4v) is 3.65. The molecular formula is C23H42NO6+. The molecule has 0 spiro atoms. The number of rotatable bonds is 21. The molecule has 0 rings (SSSR count).